The molecule has 0 radical (unpaired) electrons. The topological polar surface area (TPSA) is 3.24 Å². The lowest BCUT2D eigenvalue weighted by atomic mass is 9.43. The summed E-state index contributed by atoms with van der Waals surface area (Å²) in [4.78, 5) is 2.57. The van der Waals surface area contributed by atoms with Crippen molar-refractivity contribution in [2.45, 2.75) is 108 Å². The fourth-order valence-electron chi connectivity index (χ4n) is 14.2. The van der Waals surface area contributed by atoms with E-state index in [1.54, 1.807) is 11.1 Å². The molecule has 7 aliphatic carbocycles. The van der Waals surface area contributed by atoms with Crippen LogP contribution in [0, 0.1) is 23.7 Å². The lowest BCUT2D eigenvalue weighted by molar-refractivity contribution is -0.0399. The lowest BCUT2D eigenvalue weighted by Crippen LogP contribution is -2.55. The summed E-state index contributed by atoms with van der Waals surface area (Å²) in [6.45, 7) is 14.6. The molecule has 0 aromatic heterocycles. The number of benzene rings is 6. The van der Waals surface area contributed by atoms with Crippen LogP contribution in [0.4, 0.5) is 17.1 Å². The van der Waals surface area contributed by atoms with Gasteiger partial charge >= 0.3 is 0 Å². The Kier molecular flexibility index (Phi) is 7.18. The van der Waals surface area contributed by atoms with Crippen LogP contribution >= 0.6 is 0 Å². The third-order valence-electron chi connectivity index (χ3n) is 16.9. The number of nitrogens with zero attached hydrogens (tertiary/aromatic N) is 1. The summed E-state index contributed by atoms with van der Waals surface area (Å²) in [5.74, 6) is 3.43. The summed E-state index contributed by atoms with van der Waals surface area (Å²) in [5, 5.41) is 0. The average molecular weight is 756 g/mol. The molecule has 1 spiro atoms. The molecule has 0 saturated heterocycles. The minimum Gasteiger partial charge on any atom is -0.310 e. The summed E-state index contributed by atoms with van der Waals surface area (Å²) in [7, 11) is 0. The van der Waals surface area contributed by atoms with Gasteiger partial charge in [0.05, 0.1) is 5.69 Å². The van der Waals surface area contributed by atoms with E-state index in [1.807, 2.05) is 0 Å². The number of rotatable bonds is 4. The van der Waals surface area contributed by atoms with E-state index >= 15 is 0 Å². The predicted octanol–water partition coefficient (Wildman–Crippen LogP) is 15.2. The van der Waals surface area contributed by atoms with Crippen molar-refractivity contribution in [2.24, 2.45) is 23.7 Å². The molecule has 4 bridgehead atoms. The van der Waals surface area contributed by atoms with Gasteiger partial charge in [-0.3, -0.25) is 0 Å². The van der Waals surface area contributed by atoms with Gasteiger partial charge in [-0.2, -0.15) is 0 Å². The minimum absolute atomic E-state index is 0.0683. The Labute approximate surface area is 346 Å². The molecule has 4 fully saturated rings. The highest BCUT2D eigenvalue weighted by atomic mass is 15.1. The van der Waals surface area contributed by atoms with Gasteiger partial charge in [-0.05, 0) is 177 Å². The van der Waals surface area contributed by atoms with E-state index in [4.69, 9.17) is 0 Å². The summed E-state index contributed by atoms with van der Waals surface area (Å²) in [6, 6.07) is 50.2. The fraction of sp³-hybridized carbons (Fsp3) is 0.368. The number of hydrogen-bond donors (Lipinski definition) is 0. The first-order valence-corrected chi connectivity index (χ1v) is 22.5. The molecule has 0 amide bonds. The molecule has 6 aromatic rings. The van der Waals surface area contributed by atoms with Gasteiger partial charge in [-0.15, -0.1) is 0 Å². The maximum Gasteiger partial charge on any atom is 0.0543 e. The van der Waals surface area contributed by atoms with E-state index in [0.717, 1.165) is 23.7 Å². The van der Waals surface area contributed by atoms with E-state index < -0.39 is 0 Å². The zero-order chi connectivity index (χ0) is 39.3. The summed E-state index contributed by atoms with van der Waals surface area (Å²) in [6.07, 6.45) is 9.56. The zero-order valence-electron chi connectivity index (χ0n) is 35.3. The Morgan fingerprint density at radius 3 is 1.74 bits per heavy atom. The molecule has 1 nitrogen and oxygen atoms in total. The van der Waals surface area contributed by atoms with Crippen molar-refractivity contribution in [1.29, 1.82) is 0 Å². The number of hydrogen-bond acceptors (Lipinski definition) is 1. The molecule has 290 valence electrons. The third kappa shape index (κ3) is 4.65. The molecule has 7 aliphatic rings. The predicted molar refractivity (Wildman–Crippen MR) is 243 cm³/mol. The van der Waals surface area contributed by atoms with Crippen molar-refractivity contribution in [3.05, 3.63) is 161 Å². The van der Waals surface area contributed by atoms with Gasteiger partial charge in [0.15, 0.2) is 0 Å². The van der Waals surface area contributed by atoms with E-state index in [-0.39, 0.29) is 21.7 Å². The summed E-state index contributed by atoms with van der Waals surface area (Å²) >= 11 is 0. The Bertz CT molecular complexity index is 2640. The van der Waals surface area contributed by atoms with Gasteiger partial charge in [0.25, 0.3) is 0 Å². The second kappa shape index (κ2) is 11.9. The molecule has 0 N–H and O–H groups in total. The largest absolute Gasteiger partial charge is 0.310 e. The third-order valence-corrected chi connectivity index (χ3v) is 16.9. The van der Waals surface area contributed by atoms with Gasteiger partial charge in [0.1, 0.15) is 0 Å². The molecule has 1 heteroatoms. The highest BCUT2D eigenvalue weighted by Gasteiger charge is 2.61. The molecule has 4 saturated carbocycles. The molecule has 58 heavy (non-hydrogen) atoms. The fourth-order valence-corrected chi connectivity index (χ4v) is 14.2. The smallest absolute Gasteiger partial charge is 0.0543 e. The second-order valence-electron chi connectivity index (χ2n) is 21.2. The van der Waals surface area contributed by atoms with E-state index in [0.29, 0.717) is 0 Å². The van der Waals surface area contributed by atoms with Crippen LogP contribution in [0.25, 0.3) is 33.4 Å². The van der Waals surface area contributed by atoms with Gasteiger partial charge in [0, 0.05) is 27.8 Å². The van der Waals surface area contributed by atoms with Crippen LogP contribution in [0.15, 0.2) is 127 Å². The Morgan fingerprint density at radius 1 is 0.431 bits per heavy atom. The van der Waals surface area contributed by atoms with E-state index in [1.165, 1.54) is 118 Å². The molecular weight excluding hydrogens is 699 g/mol. The Hall–Kier alpha value is -4.88. The van der Waals surface area contributed by atoms with Crippen molar-refractivity contribution in [1.82, 2.24) is 0 Å². The van der Waals surface area contributed by atoms with E-state index in [2.05, 4.69) is 174 Å². The van der Waals surface area contributed by atoms with Crippen molar-refractivity contribution in [2.75, 3.05) is 4.90 Å². The molecule has 6 aromatic carbocycles. The zero-order valence-corrected chi connectivity index (χ0v) is 35.3. The maximum atomic E-state index is 2.64. The normalized spacial score (nSPS) is 26.8. The van der Waals surface area contributed by atoms with Crippen LogP contribution in [0.2, 0.25) is 0 Å². The Balaban J connectivity index is 1.00. The van der Waals surface area contributed by atoms with Crippen molar-refractivity contribution in [3.63, 3.8) is 0 Å². The first-order valence-electron chi connectivity index (χ1n) is 22.5. The van der Waals surface area contributed by atoms with Crippen LogP contribution < -0.4 is 4.90 Å². The Morgan fingerprint density at radius 2 is 1.02 bits per heavy atom. The van der Waals surface area contributed by atoms with Crippen molar-refractivity contribution in [3.8, 4) is 33.4 Å². The quantitative estimate of drug-likeness (QED) is 0.173. The SMILES string of the molecule is CC1(C)CCC(C)(C)c2cc(N(c3ccc(-c4ccc5c(c4)C4(c6ccccc6-5)C5CC6CC(C5)CC4C6)cc3)c3cccc4c3-c3ccccc3C4(C)C)ccc21. The summed E-state index contributed by atoms with van der Waals surface area (Å²) in [5.41, 5.74) is 21.6. The molecule has 0 aliphatic heterocycles. The lowest BCUT2D eigenvalue weighted by Gasteiger charge is -2.61. The standard InChI is InChI=1S/C57H57N/c1-54(2)26-27-55(3,4)51-34-42(23-25-48(51)54)58(52-17-11-16-49-53(52)45-13-8-9-14-46(45)56(49,5)6)41-21-18-37(19-22-41)38-20-24-44-43-12-7-10-15-47(43)57(50(44)33-38)39-29-35-28-36(31-39)32-40(57)30-35/h7-25,33-36,39-40H,26-32H2,1-6H3. The monoisotopic (exact) mass is 755 g/mol. The highest BCUT2D eigenvalue weighted by molar-refractivity contribution is 5.95. The van der Waals surface area contributed by atoms with Gasteiger partial charge in [-0.1, -0.05) is 133 Å². The minimum atomic E-state index is -0.0683. The number of anilines is 3. The second-order valence-corrected chi connectivity index (χ2v) is 21.2. The van der Waals surface area contributed by atoms with Crippen molar-refractivity contribution < 1.29 is 0 Å². The van der Waals surface area contributed by atoms with Crippen LogP contribution in [-0.4, -0.2) is 0 Å². The first kappa shape index (κ1) is 35.1. The highest BCUT2D eigenvalue weighted by Crippen LogP contribution is 2.69. The molecule has 0 heterocycles. The van der Waals surface area contributed by atoms with Crippen LogP contribution in [0.3, 0.4) is 0 Å². The maximum absolute atomic E-state index is 2.64. The molecule has 0 atom stereocenters. The van der Waals surface area contributed by atoms with Gasteiger partial charge in [-0.25, -0.2) is 0 Å². The van der Waals surface area contributed by atoms with Crippen LogP contribution in [-0.2, 0) is 21.7 Å². The van der Waals surface area contributed by atoms with Crippen molar-refractivity contribution >= 4 is 17.1 Å². The molecular formula is C57H57N. The first-order chi connectivity index (χ1) is 27.9. The summed E-state index contributed by atoms with van der Waals surface area (Å²) < 4.78 is 0. The average Bonchev–Trinajstić information content (AvgIpc) is 3.65. The van der Waals surface area contributed by atoms with Crippen LogP contribution in [0.5, 0.6) is 0 Å². The molecule has 13 rings (SSSR count). The van der Waals surface area contributed by atoms with Gasteiger partial charge in [0.2, 0.25) is 0 Å². The van der Waals surface area contributed by atoms with E-state index in [9.17, 15) is 0 Å². The van der Waals surface area contributed by atoms with Gasteiger partial charge < -0.3 is 4.90 Å². The molecule has 0 unspecified atom stereocenters. The van der Waals surface area contributed by atoms with Crippen LogP contribution in [0.1, 0.15) is 120 Å². The number of fused-ring (bicyclic) bond motifs is 7.